The minimum Gasteiger partial charge on any atom is -0.389 e. The van der Waals surface area contributed by atoms with E-state index in [2.05, 4.69) is 11.9 Å². The van der Waals surface area contributed by atoms with Gasteiger partial charge in [0.05, 0.1) is 11.1 Å². The van der Waals surface area contributed by atoms with Crippen LogP contribution >= 0.6 is 11.3 Å². The van der Waals surface area contributed by atoms with E-state index >= 15 is 0 Å². The molecule has 72 valence electrons. The summed E-state index contributed by atoms with van der Waals surface area (Å²) in [7, 11) is 0. The first kappa shape index (κ1) is 9.16. The maximum atomic E-state index is 10.3. The van der Waals surface area contributed by atoms with Crippen LogP contribution in [0.5, 0.6) is 0 Å². The van der Waals surface area contributed by atoms with Crippen LogP contribution in [0.4, 0.5) is 0 Å². The first-order chi connectivity index (χ1) is 6.24. The van der Waals surface area contributed by atoms with Gasteiger partial charge >= 0.3 is 0 Å². The summed E-state index contributed by atoms with van der Waals surface area (Å²) in [6.45, 7) is 2.07. The number of aromatic nitrogens is 1. The summed E-state index contributed by atoms with van der Waals surface area (Å²) in [5, 5.41) is 10.3. The summed E-state index contributed by atoms with van der Waals surface area (Å²) >= 11 is 1.64. The molecule has 1 aliphatic carbocycles. The summed E-state index contributed by atoms with van der Waals surface area (Å²) in [5.41, 5.74) is 1.38. The lowest BCUT2D eigenvalue weighted by molar-refractivity contribution is 0.0146. The molecule has 0 aliphatic heterocycles. The second-order valence-corrected chi connectivity index (χ2v) is 4.85. The normalized spacial score (nSPS) is 21.4. The van der Waals surface area contributed by atoms with Crippen molar-refractivity contribution in [1.82, 2.24) is 4.98 Å². The predicted molar refractivity (Wildman–Crippen MR) is 53.8 cm³/mol. The van der Waals surface area contributed by atoms with Gasteiger partial charge in [0, 0.05) is 17.5 Å². The highest BCUT2D eigenvalue weighted by molar-refractivity contribution is 7.09. The van der Waals surface area contributed by atoms with E-state index in [-0.39, 0.29) is 0 Å². The molecule has 0 spiro atoms. The standard InChI is InChI=1S/C10H15NOS/c1-2-10(12,8-3-4-8)5-9-6-11-7-13-9/h6-8,12H,2-5H2,1H3. The molecule has 13 heavy (non-hydrogen) atoms. The predicted octanol–water partition coefficient (Wildman–Crippen LogP) is 2.24. The van der Waals surface area contributed by atoms with Crippen LogP contribution in [0.1, 0.15) is 31.1 Å². The van der Waals surface area contributed by atoms with Crippen LogP contribution in [0.3, 0.4) is 0 Å². The third-order valence-electron chi connectivity index (χ3n) is 2.91. The summed E-state index contributed by atoms with van der Waals surface area (Å²) < 4.78 is 0. The van der Waals surface area contributed by atoms with Crippen LogP contribution in [0.25, 0.3) is 0 Å². The number of aliphatic hydroxyl groups is 1. The van der Waals surface area contributed by atoms with Crippen LogP contribution in [-0.4, -0.2) is 15.7 Å². The number of nitrogens with zero attached hydrogens (tertiary/aromatic N) is 1. The minimum absolute atomic E-state index is 0.452. The molecule has 2 nitrogen and oxygen atoms in total. The molecule has 2 rings (SSSR count). The van der Waals surface area contributed by atoms with Crippen LogP contribution in [0.2, 0.25) is 0 Å². The second kappa shape index (κ2) is 3.39. The Morgan fingerprint density at radius 2 is 2.46 bits per heavy atom. The Kier molecular flexibility index (Phi) is 2.39. The van der Waals surface area contributed by atoms with Gasteiger partial charge in [-0.15, -0.1) is 11.3 Å². The summed E-state index contributed by atoms with van der Waals surface area (Å²) in [6, 6.07) is 0. The molecule has 1 fully saturated rings. The molecule has 1 atom stereocenters. The molecule has 1 unspecified atom stereocenters. The van der Waals surface area contributed by atoms with E-state index in [4.69, 9.17) is 0 Å². The highest BCUT2D eigenvalue weighted by atomic mass is 32.1. The van der Waals surface area contributed by atoms with Crippen LogP contribution < -0.4 is 0 Å². The zero-order chi connectivity index (χ0) is 9.31. The Labute approximate surface area is 82.6 Å². The first-order valence-corrected chi connectivity index (χ1v) is 5.72. The van der Waals surface area contributed by atoms with E-state index in [0.29, 0.717) is 5.92 Å². The van der Waals surface area contributed by atoms with Gasteiger partial charge in [0.1, 0.15) is 0 Å². The van der Waals surface area contributed by atoms with Crippen LogP contribution in [0, 0.1) is 5.92 Å². The Balaban J connectivity index is 2.05. The monoisotopic (exact) mass is 197 g/mol. The molecule has 1 aromatic rings. The van der Waals surface area contributed by atoms with E-state index in [1.54, 1.807) is 11.3 Å². The van der Waals surface area contributed by atoms with Gasteiger partial charge in [0.25, 0.3) is 0 Å². The summed E-state index contributed by atoms with van der Waals surface area (Å²) in [6.07, 6.45) is 5.91. The molecule has 3 heteroatoms. The minimum atomic E-state index is -0.452. The molecule has 0 amide bonds. The summed E-state index contributed by atoms with van der Waals surface area (Å²) in [4.78, 5) is 5.23. The highest BCUT2D eigenvalue weighted by Crippen LogP contribution is 2.43. The summed E-state index contributed by atoms with van der Waals surface area (Å²) in [5.74, 6) is 0.541. The van der Waals surface area contributed by atoms with Crippen LogP contribution in [-0.2, 0) is 6.42 Å². The van der Waals surface area contributed by atoms with Gasteiger partial charge in [-0.05, 0) is 25.2 Å². The van der Waals surface area contributed by atoms with Crippen LogP contribution in [0.15, 0.2) is 11.7 Å². The molecular weight excluding hydrogens is 182 g/mol. The quantitative estimate of drug-likeness (QED) is 0.803. The Hall–Kier alpha value is -0.410. The third-order valence-corrected chi connectivity index (χ3v) is 3.69. The van der Waals surface area contributed by atoms with Crippen molar-refractivity contribution in [3.05, 3.63) is 16.6 Å². The van der Waals surface area contributed by atoms with Crippen molar-refractivity contribution in [2.75, 3.05) is 0 Å². The first-order valence-electron chi connectivity index (χ1n) is 4.84. The lowest BCUT2D eigenvalue weighted by atomic mass is 9.90. The second-order valence-electron chi connectivity index (χ2n) is 3.88. The van der Waals surface area contributed by atoms with Gasteiger partial charge in [-0.2, -0.15) is 0 Å². The molecule has 0 saturated heterocycles. The lowest BCUT2D eigenvalue weighted by Crippen LogP contribution is -2.32. The fraction of sp³-hybridized carbons (Fsp3) is 0.700. The Bertz CT molecular complexity index is 268. The smallest absolute Gasteiger partial charge is 0.0794 e. The van der Waals surface area contributed by atoms with Gasteiger partial charge < -0.3 is 5.11 Å². The molecule has 1 aromatic heterocycles. The fourth-order valence-electron chi connectivity index (χ4n) is 1.81. The number of hydrogen-bond acceptors (Lipinski definition) is 3. The van der Waals surface area contributed by atoms with Crippen molar-refractivity contribution in [2.24, 2.45) is 5.92 Å². The average Bonchev–Trinajstić information content (AvgIpc) is 2.88. The molecule has 1 saturated carbocycles. The molecule has 1 heterocycles. The highest BCUT2D eigenvalue weighted by Gasteiger charge is 2.42. The van der Waals surface area contributed by atoms with E-state index in [9.17, 15) is 5.11 Å². The number of hydrogen-bond donors (Lipinski definition) is 1. The Morgan fingerprint density at radius 3 is 2.92 bits per heavy atom. The van der Waals surface area contributed by atoms with Crippen molar-refractivity contribution < 1.29 is 5.11 Å². The molecule has 0 aromatic carbocycles. The lowest BCUT2D eigenvalue weighted by Gasteiger charge is -2.25. The number of rotatable bonds is 4. The van der Waals surface area contributed by atoms with Crippen molar-refractivity contribution >= 4 is 11.3 Å². The van der Waals surface area contributed by atoms with Gasteiger partial charge in [-0.3, -0.25) is 4.98 Å². The zero-order valence-corrected chi connectivity index (χ0v) is 8.68. The van der Waals surface area contributed by atoms with Gasteiger partial charge in [-0.25, -0.2) is 0 Å². The fourth-order valence-corrected chi connectivity index (χ4v) is 2.52. The van der Waals surface area contributed by atoms with Crippen molar-refractivity contribution in [3.8, 4) is 0 Å². The maximum Gasteiger partial charge on any atom is 0.0794 e. The molecule has 0 radical (unpaired) electrons. The van der Waals surface area contributed by atoms with E-state index in [1.165, 1.54) is 17.7 Å². The van der Waals surface area contributed by atoms with E-state index < -0.39 is 5.60 Å². The Morgan fingerprint density at radius 1 is 1.69 bits per heavy atom. The number of thiazole rings is 1. The third kappa shape index (κ3) is 1.92. The molecule has 1 N–H and O–H groups in total. The molecule has 1 aliphatic rings. The largest absolute Gasteiger partial charge is 0.389 e. The SMILES string of the molecule is CCC(O)(Cc1cncs1)C1CC1. The van der Waals surface area contributed by atoms with Crippen molar-refractivity contribution in [1.29, 1.82) is 0 Å². The molecular formula is C10H15NOS. The zero-order valence-electron chi connectivity index (χ0n) is 7.86. The van der Waals surface area contributed by atoms with E-state index in [0.717, 1.165) is 12.8 Å². The van der Waals surface area contributed by atoms with Crippen molar-refractivity contribution in [2.45, 2.75) is 38.2 Å². The topological polar surface area (TPSA) is 33.1 Å². The maximum absolute atomic E-state index is 10.3. The van der Waals surface area contributed by atoms with Gasteiger partial charge in [0.2, 0.25) is 0 Å². The molecule has 0 bridgehead atoms. The van der Waals surface area contributed by atoms with E-state index in [1.807, 2.05) is 11.7 Å². The van der Waals surface area contributed by atoms with Gasteiger partial charge in [-0.1, -0.05) is 6.92 Å². The average molecular weight is 197 g/mol. The van der Waals surface area contributed by atoms with Gasteiger partial charge in [0.15, 0.2) is 0 Å². The van der Waals surface area contributed by atoms with Crippen molar-refractivity contribution in [3.63, 3.8) is 0 Å².